The summed E-state index contributed by atoms with van der Waals surface area (Å²) < 4.78 is 0. The highest BCUT2D eigenvalue weighted by atomic mass is 16.3. The van der Waals surface area contributed by atoms with E-state index in [0.717, 1.165) is 0 Å². The summed E-state index contributed by atoms with van der Waals surface area (Å²) >= 11 is 0. The predicted octanol–water partition coefficient (Wildman–Crippen LogP) is 0.621. The first-order chi connectivity index (χ1) is 9.61. The van der Waals surface area contributed by atoms with Crippen LogP contribution >= 0.6 is 0 Å². The highest BCUT2D eigenvalue weighted by Crippen LogP contribution is 2.13. The number of rotatable bonds is 3. The number of aromatic amines is 1. The van der Waals surface area contributed by atoms with Crippen LogP contribution in [0.15, 0.2) is 35.1 Å². The fraction of sp³-hybridized carbons (Fsp3) is 0. The normalized spacial score (nSPS) is 9.55. The summed E-state index contributed by atoms with van der Waals surface area (Å²) in [4.78, 5) is 29.3. The van der Waals surface area contributed by atoms with E-state index in [1.807, 2.05) is 0 Å². The highest BCUT2D eigenvalue weighted by Gasteiger charge is 2.18. The van der Waals surface area contributed by atoms with Crippen LogP contribution in [0.25, 0.3) is 0 Å². The Kier molecular flexibility index (Phi) is 3.63. The third kappa shape index (κ3) is 2.73. The van der Waals surface area contributed by atoms with Crippen LogP contribution in [-0.4, -0.2) is 21.0 Å². The van der Waals surface area contributed by atoms with Gasteiger partial charge in [-0.25, -0.2) is 0 Å². The second-order valence-corrected chi connectivity index (χ2v) is 3.67. The molecule has 20 heavy (non-hydrogen) atoms. The molecule has 8 nitrogen and oxygen atoms in total. The maximum Gasteiger partial charge on any atom is 0.269 e. The van der Waals surface area contributed by atoms with Gasteiger partial charge in [0.25, 0.3) is 11.5 Å². The molecule has 4 N–H and O–H groups in total. The van der Waals surface area contributed by atoms with Gasteiger partial charge in [0.2, 0.25) is 11.8 Å². The van der Waals surface area contributed by atoms with Crippen LogP contribution in [0, 0.1) is 11.5 Å². The molecule has 0 unspecified atom stereocenters. The molecule has 2 aromatic rings. The molecule has 0 bridgehead atoms. The average Bonchev–Trinajstić information content (AvgIpc) is 2.39. The molecular formula is C12H9N5O3. The summed E-state index contributed by atoms with van der Waals surface area (Å²) in [6.45, 7) is 0. The number of hydrogen-bond acceptors (Lipinski definition) is 6. The topological polar surface area (TPSA) is 131 Å². The lowest BCUT2D eigenvalue weighted by Gasteiger charge is -2.06. The van der Waals surface area contributed by atoms with Gasteiger partial charge in [-0.2, -0.15) is 10.2 Å². The molecule has 0 atom stereocenters. The number of hydrogen-bond donors (Lipinski definition) is 4. The first-order valence-corrected chi connectivity index (χ1v) is 5.46. The van der Waals surface area contributed by atoms with Crippen LogP contribution in [0.2, 0.25) is 0 Å². The van der Waals surface area contributed by atoms with E-state index < -0.39 is 22.9 Å². The quantitative estimate of drug-likeness (QED) is 0.478. The number of para-hydroxylation sites is 1. The molecule has 0 spiro atoms. The Bertz CT molecular complexity index is 733. The number of anilines is 2. The van der Waals surface area contributed by atoms with Crippen LogP contribution in [0.4, 0.5) is 11.6 Å². The van der Waals surface area contributed by atoms with Crippen LogP contribution in [-0.2, 0) is 0 Å². The Hall–Kier alpha value is -3.34. The van der Waals surface area contributed by atoms with Crippen molar-refractivity contribution in [3.8, 4) is 12.1 Å². The molecule has 1 heterocycles. The Labute approximate surface area is 112 Å². The first kappa shape index (κ1) is 13.1. The van der Waals surface area contributed by atoms with Gasteiger partial charge in [0, 0.05) is 5.69 Å². The van der Waals surface area contributed by atoms with Gasteiger partial charge in [-0.3, -0.25) is 19.9 Å². The summed E-state index contributed by atoms with van der Waals surface area (Å²) in [5.74, 6) is -1.81. The molecular weight excluding hydrogens is 262 g/mol. The van der Waals surface area contributed by atoms with Crippen molar-refractivity contribution < 1.29 is 9.90 Å². The van der Waals surface area contributed by atoms with Crippen LogP contribution in [0.5, 0.6) is 5.88 Å². The molecule has 1 aromatic heterocycles. The molecule has 1 amide bonds. The Morgan fingerprint density at radius 3 is 2.65 bits per heavy atom. The van der Waals surface area contributed by atoms with Gasteiger partial charge in [0.15, 0.2) is 11.8 Å². The van der Waals surface area contributed by atoms with E-state index in [2.05, 4.69) is 20.6 Å². The van der Waals surface area contributed by atoms with Crippen molar-refractivity contribution in [3.63, 3.8) is 0 Å². The number of nitrogens with one attached hydrogen (secondary N) is 3. The summed E-state index contributed by atoms with van der Waals surface area (Å²) in [6.07, 6.45) is 1.53. The van der Waals surface area contributed by atoms with Crippen molar-refractivity contribution in [3.05, 3.63) is 46.2 Å². The molecule has 0 saturated heterocycles. The van der Waals surface area contributed by atoms with Crippen molar-refractivity contribution in [2.24, 2.45) is 0 Å². The van der Waals surface area contributed by atoms with E-state index in [-0.39, 0.29) is 5.95 Å². The molecule has 8 heteroatoms. The number of aromatic nitrogens is 2. The third-order valence-electron chi connectivity index (χ3n) is 2.33. The summed E-state index contributed by atoms with van der Waals surface area (Å²) in [5, 5.41) is 22.5. The summed E-state index contributed by atoms with van der Waals surface area (Å²) in [5.41, 5.74) is -0.920. The van der Waals surface area contributed by atoms with E-state index in [0.29, 0.717) is 5.69 Å². The molecule has 0 radical (unpaired) electrons. The van der Waals surface area contributed by atoms with Crippen molar-refractivity contribution in [1.29, 1.82) is 5.26 Å². The Morgan fingerprint density at radius 1 is 1.35 bits per heavy atom. The second kappa shape index (κ2) is 5.53. The molecule has 0 aliphatic heterocycles. The number of carbonyl (C=O) groups is 1. The Balaban J connectivity index is 2.31. The maximum atomic E-state index is 11.9. The second-order valence-electron chi connectivity index (χ2n) is 3.67. The summed E-state index contributed by atoms with van der Waals surface area (Å²) in [6, 6.07) is 8.43. The third-order valence-corrected chi connectivity index (χ3v) is 2.33. The summed E-state index contributed by atoms with van der Waals surface area (Å²) in [7, 11) is 0. The Morgan fingerprint density at radius 2 is 2.05 bits per heavy atom. The molecule has 0 saturated carbocycles. The molecule has 1 aromatic carbocycles. The number of benzene rings is 1. The van der Waals surface area contributed by atoms with E-state index in [4.69, 9.17) is 5.26 Å². The SMILES string of the molecule is N#CNc1nc(O)c(C(=O)Nc2ccccc2)c(=O)[nH]1. The average molecular weight is 271 g/mol. The molecule has 0 aliphatic carbocycles. The largest absolute Gasteiger partial charge is 0.492 e. The van der Waals surface area contributed by atoms with Crippen molar-refractivity contribution in [2.45, 2.75) is 0 Å². The number of aromatic hydroxyl groups is 1. The highest BCUT2D eigenvalue weighted by molar-refractivity contribution is 6.05. The van der Waals surface area contributed by atoms with Crippen LogP contribution < -0.4 is 16.2 Å². The zero-order chi connectivity index (χ0) is 14.5. The first-order valence-electron chi connectivity index (χ1n) is 5.46. The van der Waals surface area contributed by atoms with Crippen LogP contribution in [0.1, 0.15) is 10.4 Å². The molecule has 2 rings (SSSR count). The fourth-order valence-corrected chi connectivity index (χ4v) is 1.49. The minimum absolute atomic E-state index is 0.244. The minimum Gasteiger partial charge on any atom is -0.492 e. The van der Waals surface area contributed by atoms with Gasteiger partial charge in [0.05, 0.1) is 0 Å². The van der Waals surface area contributed by atoms with Gasteiger partial charge < -0.3 is 10.4 Å². The zero-order valence-electron chi connectivity index (χ0n) is 10.0. The van der Waals surface area contributed by atoms with Gasteiger partial charge in [-0.1, -0.05) is 18.2 Å². The lowest BCUT2D eigenvalue weighted by Crippen LogP contribution is -2.24. The number of amides is 1. The van der Waals surface area contributed by atoms with Gasteiger partial charge in [0.1, 0.15) is 0 Å². The van der Waals surface area contributed by atoms with Crippen molar-refractivity contribution in [1.82, 2.24) is 9.97 Å². The zero-order valence-corrected chi connectivity index (χ0v) is 10.0. The maximum absolute atomic E-state index is 11.9. The van der Waals surface area contributed by atoms with Gasteiger partial charge in [-0.05, 0) is 12.1 Å². The van der Waals surface area contributed by atoms with E-state index in [9.17, 15) is 14.7 Å². The fourth-order valence-electron chi connectivity index (χ4n) is 1.49. The predicted molar refractivity (Wildman–Crippen MR) is 70.2 cm³/mol. The minimum atomic E-state index is -0.858. The smallest absolute Gasteiger partial charge is 0.269 e. The molecule has 0 aliphatic rings. The number of H-pyrrole nitrogens is 1. The van der Waals surface area contributed by atoms with Gasteiger partial charge in [-0.15, -0.1) is 0 Å². The monoisotopic (exact) mass is 271 g/mol. The lowest BCUT2D eigenvalue weighted by atomic mass is 10.2. The van der Waals surface area contributed by atoms with Crippen molar-refractivity contribution in [2.75, 3.05) is 10.6 Å². The van der Waals surface area contributed by atoms with E-state index in [1.165, 1.54) is 6.19 Å². The van der Waals surface area contributed by atoms with Gasteiger partial charge >= 0.3 is 0 Å². The number of carbonyl (C=O) groups excluding carboxylic acids is 1. The lowest BCUT2D eigenvalue weighted by molar-refractivity contribution is 0.102. The van der Waals surface area contributed by atoms with E-state index in [1.54, 1.807) is 30.3 Å². The van der Waals surface area contributed by atoms with Crippen LogP contribution in [0.3, 0.4) is 0 Å². The van der Waals surface area contributed by atoms with E-state index >= 15 is 0 Å². The standard InChI is InChI=1S/C12H9N5O3/c13-6-14-12-16-10(19)8(11(20)17-12)9(18)15-7-4-2-1-3-5-7/h1-5H,(H,15,18)(H3,14,16,17,19,20). The van der Waals surface area contributed by atoms with Crippen molar-refractivity contribution >= 4 is 17.5 Å². The number of nitriles is 1. The number of nitrogens with zero attached hydrogens (tertiary/aromatic N) is 2. The molecule has 0 fully saturated rings. The molecule has 100 valence electrons.